The highest BCUT2D eigenvalue weighted by Gasteiger charge is 2.62. The van der Waals surface area contributed by atoms with E-state index >= 15 is 0 Å². The van der Waals surface area contributed by atoms with Crippen molar-refractivity contribution >= 4 is 55.9 Å². The number of carbonyl (C=O) groups is 4. The Hall–Kier alpha value is -5.64. The van der Waals surface area contributed by atoms with E-state index in [9.17, 15) is 27.6 Å². The van der Waals surface area contributed by atoms with Crippen LogP contribution in [0.25, 0.3) is 33.3 Å². The van der Waals surface area contributed by atoms with Gasteiger partial charge in [-0.25, -0.2) is 18.2 Å². The number of allylic oxidation sites excluding steroid dienone is 1. The fourth-order valence-corrected chi connectivity index (χ4v) is 10.4. The zero-order valence-corrected chi connectivity index (χ0v) is 34.9. The second-order valence-electron chi connectivity index (χ2n) is 17.0. The van der Waals surface area contributed by atoms with Gasteiger partial charge in [0.2, 0.25) is 21.8 Å². The summed E-state index contributed by atoms with van der Waals surface area (Å²) in [4.78, 5) is 63.0. The molecule has 9 rings (SSSR count). The second kappa shape index (κ2) is 16.7. The van der Waals surface area contributed by atoms with Crippen molar-refractivity contribution < 1.29 is 46.2 Å². The number of alkyl carbamates (subject to hydrolysis) is 1. The average molecular weight is 854 g/mol. The Morgan fingerprint density at radius 2 is 1.75 bits per heavy atom. The molecule has 3 saturated carbocycles. The average Bonchev–Trinajstić information content (AvgIpc) is 4.06. The molecule has 1 saturated heterocycles. The van der Waals surface area contributed by atoms with E-state index in [1.54, 1.807) is 13.2 Å². The van der Waals surface area contributed by atoms with Gasteiger partial charge in [0, 0.05) is 29.4 Å². The maximum Gasteiger partial charge on any atom is 0.408 e. The number of furan rings is 1. The standard InChI is InChI=1S/C45H51N5O10S/c1-57-30-16-11-12-27(22-30)35-24-38(40-39(46-35)33-17-9-10-19-37(33)60-40)58-31-23-36-41(51)48-45(43(53)49-61(55,56)32-20-21-32)25-28(45)13-5-3-2-4-6-18-34(42(52)50(36)26-31)47-44(54)59-29-14-7-8-15-29/h5,9-13,16-17,19,22,24,28-29,31-32,34,36H,2-4,6-8,14-15,18,20-21,23,25-26H2,1H3,(H,47,54)(H,48,51)(H,49,53)/b13-5-/t28-,31-,34+,36+,45-/m1/s1. The number of nitrogens with one attached hydrogen (secondary N) is 3. The summed E-state index contributed by atoms with van der Waals surface area (Å²) in [5.41, 5.74) is 1.39. The van der Waals surface area contributed by atoms with Gasteiger partial charge in [-0.1, -0.05) is 49.3 Å². The maximum atomic E-state index is 14.8. The molecule has 4 aromatic rings. The second-order valence-corrected chi connectivity index (χ2v) is 19.0. The van der Waals surface area contributed by atoms with Crippen LogP contribution in [-0.4, -0.2) is 90.9 Å². The number of nitrogens with zero attached hydrogens (tertiary/aromatic N) is 2. The van der Waals surface area contributed by atoms with Gasteiger partial charge in [-0.3, -0.25) is 19.1 Å². The van der Waals surface area contributed by atoms with Crippen LogP contribution in [0.5, 0.6) is 11.5 Å². The van der Waals surface area contributed by atoms with E-state index in [1.165, 1.54) is 4.90 Å². The molecule has 0 unspecified atom stereocenters. The first-order valence-corrected chi connectivity index (χ1v) is 23.0. The van der Waals surface area contributed by atoms with Gasteiger partial charge in [0.15, 0.2) is 11.3 Å². The number of carbonyl (C=O) groups excluding carboxylic acids is 4. The van der Waals surface area contributed by atoms with Crippen molar-refractivity contribution in [2.75, 3.05) is 13.7 Å². The summed E-state index contributed by atoms with van der Waals surface area (Å²) in [5, 5.41) is 5.89. The Labute approximate surface area is 354 Å². The number of aromatic nitrogens is 1. The highest BCUT2D eigenvalue weighted by Crippen LogP contribution is 2.46. The maximum absolute atomic E-state index is 14.8. The summed E-state index contributed by atoms with van der Waals surface area (Å²) < 4.78 is 52.5. The van der Waals surface area contributed by atoms with Crippen LogP contribution in [0.1, 0.15) is 83.5 Å². The molecule has 3 aliphatic carbocycles. The summed E-state index contributed by atoms with van der Waals surface area (Å²) in [6, 6.07) is 14.6. The number of para-hydroxylation sites is 1. The first-order chi connectivity index (χ1) is 29.5. The summed E-state index contributed by atoms with van der Waals surface area (Å²) >= 11 is 0. The summed E-state index contributed by atoms with van der Waals surface area (Å²) in [6.07, 6.45) is 9.99. The zero-order valence-electron chi connectivity index (χ0n) is 34.1. The molecule has 5 atom stereocenters. The van der Waals surface area contributed by atoms with Gasteiger partial charge in [0.25, 0.3) is 5.91 Å². The lowest BCUT2D eigenvalue weighted by Crippen LogP contribution is -2.58. The number of amides is 4. The van der Waals surface area contributed by atoms with Crippen LogP contribution in [0.4, 0.5) is 4.79 Å². The third-order valence-corrected chi connectivity index (χ3v) is 14.5. The third-order valence-electron chi connectivity index (χ3n) is 12.7. The lowest BCUT2D eigenvalue weighted by Gasteiger charge is -2.30. The van der Waals surface area contributed by atoms with Gasteiger partial charge < -0.3 is 34.2 Å². The van der Waals surface area contributed by atoms with E-state index in [2.05, 4.69) is 15.4 Å². The molecule has 0 radical (unpaired) electrons. The molecular weight excluding hydrogens is 803 g/mol. The van der Waals surface area contributed by atoms with Crippen LogP contribution in [-0.2, 0) is 29.1 Å². The molecule has 16 heteroatoms. The molecule has 2 aromatic heterocycles. The first kappa shape index (κ1) is 40.7. The van der Waals surface area contributed by atoms with Crippen molar-refractivity contribution in [3.05, 3.63) is 66.7 Å². The molecule has 4 fully saturated rings. The van der Waals surface area contributed by atoms with Crippen LogP contribution in [0.3, 0.4) is 0 Å². The molecule has 3 N–H and O–H groups in total. The topological polar surface area (TPSA) is 195 Å². The number of benzene rings is 2. The van der Waals surface area contributed by atoms with Crippen molar-refractivity contribution in [2.24, 2.45) is 5.92 Å². The van der Waals surface area contributed by atoms with Gasteiger partial charge in [-0.2, -0.15) is 0 Å². The number of ether oxygens (including phenoxy) is 3. The fourth-order valence-electron chi connectivity index (χ4n) is 9.03. The molecule has 15 nitrogen and oxygen atoms in total. The number of pyridine rings is 1. The highest BCUT2D eigenvalue weighted by atomic mass is 32.2. The summed E-state index contributed by atoms with van der Waals surface area (Å²) in [6.45, 7) is -0.0378. The van der Waals surface area contributed by atoms with Gasteiger partial charge in [0.05, 0.1) is 24.6 Å². The monoisotopic (exact) mass is 853 g/mol. The normalized spacial score (nSPS) is 26.7. The third kappa shape index (κ3) is 8.51. The van der Waals surface area contributed by atoms with E-state index in [4.69, 9.17) is 23.6 Å². The molecule has 2 aromatic carbocycles. The quantitative estimate of drug-likeness (QED) is 0.166. The molecule has 61 heavy (non-hydrogen) atoms. The number of sulfonamides is 1. The Morgan fingerprint density at radius 1 is 0.951 bits per heavy atom. The Balaban J connectivity index is 1.06. The van der Waals surface area contributed by atoms with E-state index < -0.39 is 68.7 Å². The van der Waals surface area contributed by atoms with Crippen molar-refractivity contribution in [1.82, 2.24) is 25.2 Å². The van der Waals surface area contributed by atoms with Crippen molar-refractivity contribution in [3.8, 4) is 22.8 Å². The molecule has 0 bridgehead atoms. The minimum absolute atomic E-state index is 0.0218. The predicted octanol–water partition coefficient (Wildman–Crippen LogP) is 6.05. The predicted molar refractivity (Wildman–Crippen MR) is 225 cm³/mol. The smallest absolute Gasteiger partial charge is 0.408 e. The number of rotatable bonds is 9. The molecule has 4 heterocycles. The fraction of sp³-hybridized carbons (Fsp3) is 0.489. The van der Waals surface area contributed by atoms with E-state index in [1.807, 2.05) is 60.7 Å². The molecule has 322 valence electrons. The van der Waals surface area contributed by atoms with E-state index in [-0.39, 0.29) is 25.5 Å². The van der Waals surface area contributed by atoms with E-state index in [0.717, 1.165) is 49.5 Å². The zero-order chi connectivity index (χ0) is 42.3. The summed E-state index contributed by atoms with van der Waals surface area (Å²) in [5.74, 6) is -1.35. The minimum Gasteiger partial charge on any atom is -0.497 e. The number of hydrogen-bond acceptors (Lipinski definition) is 11. The molecular formula is C45H51N5O10S. The van der Waals surface area contributed by atoms with Gasteiger partial charge in [0.1, 0.15) is 46.7 Å². The molecule has 0 spiro atoms. The van der Waals surface area contributed by atoms with Gasteiger partial charge >= 0.3 is 6.09 Å². The van der Waals surface area contributed by atoms with Gasteiger partial charge in [-0.15, -0.1) is 0 Å². The Kier molecular flexibility index (Phi) is 11.1. The van der Waals surface area contributed by atoms with Crippen molar-refractivity contribution in [3.63, 3.8) is 0 Å². The number of fused-ring (bicyclic) bond motifs is 5. The Bertz CT molecular complexity index is 2490. The van der Waals surface area contributed by atoms with Crippen molar-refractivity contribution in [2.45, 2.75) is 119 Å². The van der Waals surface area contributed by atoms with Crippen LogP contribution in [0.15, 0.2) is 71.2 Å². The van der Waals surface area contributed by atoms with Crippen LogP contribution >= 0.6 is 0 Å². The van der Waals surface area contributed by atoms with Crippen LogP contribution in [0, 0.1) is 5.92 Å². The van der Waals surface area contributed by atoms with Crippen LogP contribution in [0.2, 0.25) is 0 Å². The SMILES string of the molecule is COc1cccc(-c2cc(O[C@@H]3C[C@H]4C(=O)N[C@]5(C(=O)NS(=O)(=O)C6CC6)C[C@H]5/C=C\CCCCC[C@H](NC(=O)OC5CCCC5)C(=O)N4C3)c3oc4ccccc4c3n2)c1. The van der Waals surface area contributed by atoms with Crippen LogP contribution < -0.4 is 24.8 Å². The Morgan fingerprint density at radius 3 is 2.56 bits per heavy atom. The minimum atomic E-state index is -3.92. The largest absolute Gasteiger partial charge is 0.497 e. The molecule has 2 aliphatic heterocycles. The van der Waals surface area contributed by atoms with Crippen molar-refractivity contribution in [1.29, 1.82) is 0 Å². The lowest BCUT2D eigenvalue weighted by atomic mass is 10.0. The summed E-state index contributed by atoms with van der Waals surface area (Å²) in [7, 11) is -2.33. The lowest BCUT2D eigenvalue weighted by molar-refractivity contribution is -0.141. The number of methoxy groups -OCH3 is 1. The van der Waals surface area contributed by atoms with Gasteiger partial charge in [-0.05, 0) is 88.5 Å². The highest BCUT2D eigenvalue weighted by molar-refractivity contribution is 7.91. The molecule has 5 aliphatic rings. The molecule has 4 amide bonds. The van der Waals surface area contributed by atoms with E-state index in [0.29, 0.717) is 66.0 Å². The first-order valence-electron chi connectivity index (χ1n) is 21.5. The number of hydrogen-bond donors (Lipinski definition) is 3.